The van der Waals surface area contributed by atoms with E-state index in [-0.39, 0.29) is 0 Å². The van der Waals surface area contributed by atoms with Gasteiger partial charge < -0.3 is 10.2 Å². The van der Waals surface area contributed by atoms with Gasteiger partial charge in [0, 0.05) is 13.1 Å². The van der Waals surface area contributed by atoms with Crippen LogP contribution in [-0.4, -0.2) is 31.1 Å². The lowest BCUT2D eigenvalue weighted by Gasteiger charge is -2.30. The largest absolute Gasteiger partial charge is 0.383 e. The van der Waals surface area contributed by atoms with Crippen molar-refractivity contribution in [2.24, 2.45) is 5.92 Å². The summed E-state index contributed by atoms with van der Waals surface area (Å²) in [5, 5.41) is 12.9. The van der Waals surface area contributed by atoms with Crippen molar-refractivity contribution in [1.82, 2.24) is 4.90 Å². The van der Waals surface area contributed by atoms with Crippen molar-refractivity contribution in [1.29, 1.82) is 5.26 Å². The van der Waals surface area contributed by atoms with Gasteiger partial charge in [0.1, 0.15) is 6.07 Å². The molecule has 0 unspecified atom stereocenters. The topological polar surface area (TPSA) is 39.1 Å². The van der Waals surface area contributed by atoms with Crippen LogP contribution in [0.1, 0.15) is 25.3 Å². The van der Waals surface area contributed by atoms with Gasteiger partial charge in [0.05, 0.1) is 16.3 Å². The number of halogens is 1. The molecule has 102 valence electrons. The molecule has 1 fully saturated rings. The van der Waals surface area contributed by atoms with E-state index >= 15 is 0 Å². The summed E-state index contributed by atoms with van der Waals surface area (Å²) in [7, 11) is 0. The number of hydrogen-bond donors (Lipinski definition) is 1. The molecule has 1 aromatic carbocycles. The Hall–Kier alpha value is -1.24. The van der Waals surface area contributed by atoms with Gasteiger partial charge in [-0.25, -0.2) is 0 Å². The van der Waals surface area contributed by atoms with Gasteiger partial charge in [-0.2, -0.15) is 5.26 Å². The van der Waals surface area contributed by atoms with E-state index < -0.39 is 0 Å². The summed E-state index contributed by atoms with van der Waals surface area (Å²) in [6.07, 6.45) is 2.58. The average molecular weight is 278 g/mol. The third-order valence-corrected chi connectivity index (χ3v) is 4.06. The molecule has 0 spiro atoms. The van der Waals surface area contributed by atoms with Gasteiger partial charge >= 0.3 is 0 Å². The Balaban J connectivity index is 1.83. The van der Waals surface area contributed by atoms with Crippen molar-refractivity contribution in [3.8, 4) is 6.07 Å². The Morgan fingerprint density at radius 2 is 2.16 bits per heavy atom. The van der Waals surface area contributed by atoms with Crippen LogP contribution in [0.5, 0.6) is 0 Å². The third kappa shape index (κ3) is 3.86. The first-order chi connectivity index (χ1) is 9.20. The lowest BCUT2D eigenvalue weighted by molar-refractivity contribution is 0.199. The number of benzene rings is 1. The molecule has 1 saturated heterocycles. The SMILES string of the molecule is CC1CCN(CCNc2cccc(Cl)c2C#N)CC1. The number of likely N-dealkylation sites (tertiary alicyclic amines) is 1. The van der Waals surface area contributed by atoms with E-state index in [4.69, 9.17) is 16.9 Å². The van der Waals surface area contributed by atoms with Gasteiger partial charge in [-0.1, -0.05) is 24.6 Å². The number of nitrogens with one attached hydrogen (secondary N) is 1. The highest BCUT2D eigenvalue weighted by molar-refractivity contribution is 6.32. The molecule has 2 rings (SSSR count). The fourth-order valence-corrected chi connectivity index (χ4v) is 2.64. The Labute approximate surface area is 120 Å². The van der Waals surface area contributed by atoms with E-state index in [0.29, 0.717) is 10.6 Å². The van der Waals surface area contributed by atoms with Gasteiger partial charge in [0.15, 0.2) is 0 Å². The zero-order valence-electron chi connectivity index (χ0n) is 11.3. The molecule has 4 heteroatoms. The standard InChI is InChI=1S/C15H20ClN3/c1-12-5-8-19(9-6-12)10-7-18-15-4-2-3-14(16)13(15)11-17/h2-4,12,18H,5-10H2,1H3. The summed E-state index contributed by atoms with van der Waals surface area (Å²) in [6, 6.07) is 7.67. The Morgan fingerprint density at radius 3 is 2.84 bits per heavy atom. The van der Waals surface area contributed by atoms with Gasteiger partial charge in [0.2, 0.25) is 0 Å². The molecular weight excluding hydrogens is 258 g/mol. The lowest BCUT2D eigenvalue weighted by atomic mass is 9.99. The summed E-state index contributed by atoms with van der Waals surface area (Å²) in [5.41, 5.74) is 1.37. The smallest absolute Gasteiger partial charge is 0.103 e. The lowest BCUT2D eigenvalue weighted by Crippen LogP contribution is -2.36. The van der Waals surface area contributed by atoms with E-state index in [9.17, 15) is 0 Å². The van der Waals surface area contributed by atoms with E-state index in [0.717, 1.165) is 24.7 Å². The first kappa shape index (κ1) is 14.2. The molecule has 1 aromatic rings. The molecule has 3 nitrogen and oxygen atoms in total. The van der Waals surface area contributed by atoms with Crippen molar-refractivity contribution in [3.63, 3.8) is 0 Å². The highest BCUT2D eigenvalue weighted by Gasteiger charge is 2.15. The van der Waals surface area contributed by atoms with Crippen LogP contribution in [0.3, 0.4) is 0 Å². The number of hydrogen-bond acceptors (Lipinski definition) is 3. The molecule has 0 amide bonds. The fraction of sp³-hybridized carbons (Fsp3) is 0.533. The minimum atomic E-state index is 0.513. The van der Waals surface area contributed by atoms with Crippen LogP contribution in [0.15, 0.2) is 18.2 Å². The van der Waals surface area contributed by atoms with Crippen LogP contribution in [0.2, 0.25) is 5.02 Å². The van der Waals surface area contributed by atoms with Gasteiger partial charge in [0.25, 0.3) is 0 Å². The third-order valence-electron chi connectivity index (χ3n) is 3.75. The Bertz CT molecular complexity index is 459. The van der Waals surface area contributed by atoms with E-state index in [1.807, 2.05) is 12.1 Å². The van der Waals surface area contributed by atoms with Crippen molar-refractivity contribution in [2.45, 2.75) is 19.8 Å². The highest BCUT2D eigenvalue weighted by atomic mass is 35.5. The van der Waals surface area contributed by atoms with E-state index in [1.54, 1.807) is 6.07 Å². The molecule has 0 aliphatic carbocycles. The number of nitrogens with zero attached hydrogens (tertiary/aromatic N) is 2. The van der Waals surface area contributed by atoms with Crippen molar-refractivity contribution in [3.05, 3.63) is 28.8 Å². The van der Waals surface area contributed by atoms with Gasteiger partial charge in [-0.3, -0.25) is 0 Å². The maximum atomic E-state index is 9.09. The highest BCUT2D eigenvalue weighted by Crippen LogP contribution is 2.23. The fourth-order valence-electron chi connectivity index (χ4n) is 2.42. The number of piperidine rings is 1. The minimum Gasteiger partial charge on any atom is -0.383 e. The van der Waals surface area contributed by atoms with Crippen LogP contribution in [0, 0.1) is 17.2 Å². The van der Waals surface area contributed by atoms with Crippen LogP contribution in [-0.2, 0) is 0 Å². The van der Waals surface area contributed by atoms with Crippen LogP contribution < -0.4 is 5.32 Å². The molecule has 19 heavy (non-hydrogen) atoms. The maximum absolute atomic E-state index is 9.09. The second-order valence-electron chi connectivity index (χ2n) is 5.23. The summed E-state index contributed by atoms with van der Waals surface area (Å²) >= 11 is 6.00. The molecule has 1 N–H and O–H groups in total. The molecule has 0 radical (unpaired) electrons. The predicted molar refractivity (Wildman–Crippen MR) is 79.5 cm³/mol. The minimum absolute atomic E-state index is 0.513. The number of nitriles is 1. The number of rotatable bonds is 4. The Kier molecular flexibility index (Phi) is 5.07. The summed E-state index contributed by atoms with van der Waals surface area (Å²) in [6.45, 7) is 6.56. The normalized spacial score (nSPS) is 17.1. The maximum Gasteiger partial charge on any atom is 0.103 e. The summed E-state index contributed by atoms with van der Waals surface area (Å²) < 4.78 is 0. The van der Waals surface area contributed by atoms with E-state index in [1.165, 1.54) is 25.9 Å². The second-order valence-corrected chi connectivity index (χ2v) is 5.63. The molecule has 0 aromatic heterocycles. The molecule has 1 aliphatic rings. The summed E-state index contributed by atoms with van der Waals surface area (Å²) in [5.74, 6) is 0.863. The van der Waals surface area contributed by atoms with E-state index in [2.05, 4.69) is 23.2 Å². The van der Waals surface area contributed by atoms with Crippen molar-refractivity contribution >= 4 is 17.3 Å². The molecule has 1 aliphatic heterocycles. The van der Waals surface area contributed by atoms with Crippen LogP contribution in [0.4, 0.5) is 5.69 Å². The van der Waals surface area contributed by atoms with Crippen LogP contribution >= 0.6 is 11.6 Å². The average Bonchev–Trinajstić information content (AvgIpc) is 2.41. The Morgan fingerprint density at radius 1 is 1.42 bits per heavy atom. The zero-order chi connectivity index (χ0) is 13.7. The molecule has 0 bridgehead atoms. The summed E-state index contributed by atoms with van der Waals surface area (Å²) in [4.78, 5) is 2.48. The quantitative estimate of drug-likeness (QED) is 0.917. The molecular formula is C15H20ClN3. The first-order valence-electron chi connectivity index (χ1n) is 6.85. The van der Waals surface area contributed by atoms with Gasteiger partial charge in [-0.05, 0) is 44.0 Å². The van der Waals surface area contributed by atoms with Crippen LogP contribution in [0.25, 0.3) is 0 Å². The molecule has 0 atom stereocenters. The molecule has 1 heterocycles. The van der Waals surface area contributed by atoms with Crippen molar-refractivity contribution in [2.75, 3.05) is 31.5 Å². The first-order valence-corrected chi connectivity index (χ1v) is 7.23. The van der Waals surface area contributed by atoms with Gasteiger partial charge in [-0.15, -0.1) is 0 Å². The predicted octanol–water partition coefficient (Wildman–Crippen LogP) is 3.36. The molecule has 0 saturated carbocycles. The monoisotopic (exact) mass is 277 g/mol. The zero-order valence-corrected chi connectivity index (χ0v) is 12.1. The second kappa shape index (κ2) is 6.79. The van der Waals surface area contributed by atoms with Crippen molar-refractivity contribution < 1.29 is 0 Å². The number of anilines is 1.